The number of nitrogens with one attached hydrogen (secondary N) is 2. The summed E-state index contributed by atoms with van der Waals surface area (Å²) in [6, 6.07) is 15.5. The number of aromatic nitrogens is 6. The Morgan fingerprint density at radius 3 is 2.75 bits per heavy atom. The molecule has 9 heteroatoms. The zero-order valence-corrected chi connectivity index (χ0v) is 18.7. The summed E-state index contributed by atoms with van der Waals surface area (Å²) in [7, 11) is 0. The predicted molar refractivity (Wildman–Crippen MR) is 126 cm³/mol. The van der Waals surface area contributed by atoms with Gasteiger partial charge in [-0.25, -0.2) is 14.5 Å². The van der Waals surface area contributed by atoms with E-state index in [-0.39, 0.29) is 0 Å². The van der Waals surface area contributed by atoms with E-state index in [1.807, 2.05) is 55.6 Å². The number of nitrogens with zero attached hydrogens (tertiary/aromatic N) is 5. The lowest BCUT2D eigenvalue weighted by atomic mass is 10.1. The molecule has 4 heterocycles. The van der Waals surface area contributed by atoms with Crippen molar-refractivity contribution in [3.8, 4) is 22.6 Å². The smallest absolute Gasteiger partial charge is 0.155 e. The van der Waals surface area contributed by atoms with Crippen LogP contribution < -0.4 is 5.32 Å². The normalized spacial score (nSPS) is 11.3. The Hall–Kier alpha value is -3.26. The number of aryl methyl sites for hydroxylation is 1. The molecule has 5 rings (SSSR count). The van der Waals surface area contributed by atoms with Gasteiger partial charge >= 0.3 is 0 Å². The highest BCUT2D eigenvalue weighted by molar-refractivity contribution is 6.42. The first-order chi connectivity index (χ1) is 15.6. The molecule has 4 aromatic heterocycles. The minimum atomic E-state index is 0.544. The minimum absolute atomic E-state index is 0.544. The first-order valence-corrected chi connectivity index (χ1v) is 10.8. The molecule has 0 saturated heterocycles. The Kier molecular flexibility index (Phi) is 5.61. The molecule has 0 radical (unpaired) electrons. The molecule has 0 aliphatic heterocycles. The zero-order valence-electron chi connectivity index (χ0n) is 17.2. The fraction of sp³-hybridized carbons (Fsp3) is 0.130. The van der Waals surface area contributed by atoms with Gasteiger partial charge in [0.1, 0.15) is 12.2 Å². The third-order valence-corrected chi connectivity index (χ3v) is 5.79. The van der Waals surface area contributed by atoms with Crippen LogP contribution in [0.4, 0.5) is 0 Å². The lowest BCUT2D eigenvalue weighted by Gasteiger charge is -2.04. The van der Waals surface area contributed by atoms with Gasteiger partial charge < -0.3 is 10.3 Å². The first kappa shape index (κ1) is 20.6. The van der Waals surface area contributed by atoms with Crippen LogP contribution in [-0.2, 0) is 13.1 Å². The van der Waals surface area contributed by atoms with Gasteiger partial charge in [0.2, 0.25) is 0 Å². The maximum Gasteiger partial charge on any atom is 0.155 e. The van der Waals surface area contributed by atoms with Crippen LogP contribution in [0.3, 0.4) is 0 Å². The summed E-state index contributed by atoms with van der Waals surface area (Å²) in [6.07, 6.45) is 3.45. The molecule has 1 aromatic carbocycles. The largest absolute Gasteiger partial charge is 0.339 e. The average Bonchev–Trinajstić information content (AvgIpc) is 3.43. The number of H-pyrrole nitrogens is 1. The molecule has 2 N–H and O–H groups in total. The van der Waals surface area contributed by atoms with Crippen LogP contribution in [0.1, 0.15) is 17.1 Å². The maximum absolute atomic E-state index is 6.12. The van der Waals surface area contributed by atoms with Crippen molar-refractivity contribution in [2.24, 2.45) is 0 Å². The summed E-state index contributed by atoms with van der Waals surface area (Å²) in [5, 5.41) is 8.74. The Morgan fingerprint density at radius 2 is 1.91 bits per heavy atom. The lowest BCUT2D eigenvalue weighted by Crippen LogP contribution is -2.13. The molecule has 0 spiro atoms. The number of pyridine rings is 2. The summed E-state index contributed by atoms with van der Waals surface area (Å²) in [4.78, 5) is 17.2. The van der Waals surface area contributed by atoms with E-state index < -0.39 is 0 Å². The van der Waals surface area contributed by atoms with Gasteiger partial charge in [-0.15, -0.1) is 0 Å². The molecule has 0 bridgehead atoms. The highest BCUT2D eigenvalue weighted by Crippen LogP contribution is 2.29. The van der Waals surface area contributed by atoms with Crippen molar-refractivity contribution in [2.75, 3.05) is 0 Å². The molecule has 0 fully saturated rings. The van der Waals surface area contributed by atoms with E-state index in [1.54, 1.807) is 10.6 Å². The van der Waals surface area contributed by atoms with Gasteiger partial charge in [0.15, 0.2) is 5.65 Å². The van der Waals surface area contributed by atoms with Gasteiger partial charge in [-0.2, -0.15) is 5.10 Å². The Morgan fingerprint density at radius 1 is 1.00 bits per heavy atom. The van der Waals surface area contributed by atoms with Crippen molar-refractivity contribution in [1.29, 1.82) is 0 Å². The highest BCUT2D eigenvalue weighted by atomic mass is 35.5. The fourth-order valence-corrected chi connectivity index (χ4v) is 3.84. The number of hydrogen-bond donors (Lipinski definition) is 2. The second-order valence-corrected chi connectivity index (χ2v) is 8.22. The van der Waals surface area contributed by atoms with Crippen LogP contribution in [0, 0.1) is 6.92 Å². The number of benzene rings is 1. The van der Waals surface area contributed by atoms with Gasteiger partial charge in [0, 0.05) is 24.0 Å². The fourth-order valence-electron chi connectivity index (χ4n) is 3.51. The quantitative estimate of drug-likeness (QED) is 0.366. The Bertz CT molecular complexity index is 1410. The topological polar surface area (TPSA) is 83.8 Å². The van der Waals surface area contributed by atoms with Crippen molar-refractivity contribution in [1.82, 2.24) is 34.9 Å². The number of imidazole rings is 1. The van der Waals surface area contributed by atoms with Crippen molar-refractivity contribution in [2.45, 2.75) is 20.0 Å². The van der Waals surface area contributed by atoms with E-state index in [4.69, 9.17) is 28.2 Å². The van der Waals surface area contributed by atoms with Gasteiger partial charge in [0.05, 0.1) is 33.7 Å². The first-order valence-electron chi connectivity index (χ1n) is 10.0. The van der Waals surface area contributed by atoms with Crippen LogP contribution >= 0.6 is 23.2 Å². The van der Waals surface area contributed by atoms with Gasteiger partial charge in [0.25, 0.3) is 0 Å². The van der Waals surface area contributed by atoms with Crippen LogP contribution in [-0.4, -0.2) is 29.5 Å². The van der Waals surface area contributed by atoms with Gasteiger partial charge in [-0.05, 0) is 48.9 Å². The van der Waals surface area contributed by atoms with Gasteiger partial charge in [-0.1, -0.05) is 35.3 Å². The van der Waals surface area contributed by atoms with Crippen molar-refractivity contribution < 1.29 is 0 Å². The average molecular weight is 464 g/mol. The molecule has 7 nitrogen and oxygen atoms in total. The standard InChI is InChI=1S/C23H19Cl2N7/c1-14-3-2-4-19(29-14)23-22(16-6-8-21-27-13-28-32(21)12-16)30-20(31-23)11-26-10-15-5-7-17(24)18(25)9-15/h2-9,12-13,26H,10-11H2,1H3,(H,30,31). The summed E-state index contributed by atoms with van der Waals surface area (Å²) in [5.74, 6) is 0.803. The molecular formula is C23H19Cl2N7. The predicted octanol–water partition coefficient (Wildman–Crippen LogP) is 5.09. The third-order valence-electron chi connectivity index (χ3n) is 5.05. The molecular weight excluding hydrogens is 445 g/mol. The number of hydrogen-bond acceptors (Lipinski definition) is 5. The monoisotopic (exact) mass is 463 g/mol. The maximum atomic E-state index is 6.12. The summed E-state index contributed by atoms with van der Waals surface area (Å²) >= 11 is 12.1. The second-order valence-electron chi connectivity index (χ2n) is 7.40. The van der Waals surface area contributed by atoms with Crippen molar-refractivity contribution in [3.63, 3.8) is 0 Å². The molecule has 0 saturated carbocycles. The zero-order chi connectivity index (χ0) is 22.1. The van der Waals surface area contributed by atoms with Gasteiger partial charge in [-0.3, -0.25) is 4.98 Å². The molecule has 32 heavy (non-hydrogen) atoms. The molecule has 0 unspecified atom stereocenters. The molecule has 0 aliphatic carbocycles. The summed E-state index contributed by atoms with van der Waals surface area (Å²) < 4.78 is 1.74. The van der Waals surface area contributed by atoms with Crippen LogP contribution in [0.25, 0.3) is 28.3 Å². The van der Waals surface area contributed by atoms with Crippen molar-refractivity contribution in [3.05, 3.63) is 88.2 Å². The molecule has 0 aliphatic rings. The second kappa shape index (κ2) is 8.70. The number of rotatable bonds is 6. The Labute approximate surface area is 194 Å². The van der Waals surface area contributed by atoms with E-state index in [1.165, 1.54) is 6.33 Å². The summed E-state index contributed by atoms with van der Waals surface area (Å²) in [5.41, 5.74) is 6.20. The number of aromatic amines is 1. The number of halogens is 2. The van der Waals surface area contributed by atoms with Crippen LogP contribution in [0.5, 0.6) is 0 Å². The summed E-state index contributed by atoms with van der Waals surface area (Å²) in [6.45, 7) is 3.15. The van der Waals surface area contributed by atoms with E-state index >= 15 is 0 Å². The van der Waals surface area contributed by atoms with E-state index in [0.29, 0.717) is 23.1 Å². The van der Waals surface area contributed by atoms with Crippen LogP contribution in [0.15, 0.2) is 61.1 Å². The van der Waals surface area contributed by atoms with E-state index in [2.05, 4.69) is 25.4 Å². The Balaban J connectivity index is 1.45. The lowest BCUT2D eigenvalue weighted by molar-refractivity contribution is 0.669. The van der Waals surface area contributed by atoms with E-state index in [9.17, 15) is 0 Å². The van der Waals surface area contributed by atoms with E-state index in [0.717, 1.165) is 45.4 Å². The van der Waals surface area contributed by atoms with Crippen LogP contribution in [0.2, 0.25) is 10.0 Å². The molecule has 5 aromatic rings. The molecule has 160 valence electrons. The SMILES string of the molecule is Cc1cccc(-c2[nH]c(CNCc3ccc(Cl)c(Cl)c3)nc2-c2ccc3ncnn3c2)n1. The van der Waals surface area contributed by atoms with Crippen molar-refractivity contribution >= 4 is 28.8 Å². The third kappa shape index (κ3) is 4.23. The molecule has 0 amide bonds. The molecule has 0 atom stereocenters. The number of fused-ring (bicyclic) bond motifs is 1. The minimum Gasteiger partial charge on any atom is -0.339 e. The highest BCUT2D eigenvalue weighted by Gasteiger charge is 2.16.